The molecule has 1 rings (SSSR count). The Morgan fingerprint density at radius 1 is 0.714 bits per heavy atom. The second kappa shape index (κ2) is 8.55. The van der Waals surface area contributed by atoms with Crippen molar-refractivity contribution in [1.82, 2.24) is 0 Å². The van der Waals surface area contributed by atoms with Gasteiger partial charge < -0.3 is 0 Å². The smallest absolute Gasteiger partial charge is 0.00948 e. The molecule has 0 nitrogen and oxygen atoms in total. The van der Waals surface area contributed by atoms with Crippen molar-refractivity contribution in [3.63, 3.8) is 0 Å². The van der Waals surface area contributed by atoms with Gasteiger partial charge in [-0.1, -0.05) is 42.5 Å². The zero-order chi connectivity index (χ0) is 9.90. The van der Waals surface area contributed by atoms with Crippen molar-refractivity contribution < 1.29 is 0 Å². The molecule has 0 heteroatoms. The lowest BCUT2D eigenvalue weighted by Crippen LogP contribution is -1.71. The molecule has 0 amide bonds. The van der Waals surface area contributed by atoms with E-state index in [2.05, 4.69) is 48.6 Å². The van der Waals surface area contributed by atoms with Gasteiger partial charge in [-0.3, -0.25) is 0 Å². The van der Waals surface area contributed by atoms with Crippen LogP contribution in [0.2, 0.25) is 0 Å². The minimum absolute atomic E-state index is 0.945. The summed E-state index contributed by atoms with van der Waals surface area (Å²) in [6.45, 7) is 0. The molecule has 0 aromatic heterocycles. The van der Waals surface area contributed by atoms with Crippen molar-refractivity contribution in [3.05, 3.63) is 48.6 Å². The normalized spacial score (nSPS) is 28.6. The summed E-state index contributed by atoms with van der Waals surface area (Å²) in [5, 5.41) is 0. The maximum Gasteiger partial charge on any atom is -0.00948 e. The average molecular weight is 187 g/mol. The predicted molar refractivity (Wildman–Crippen MR) is 62.9 cm³/mol. The first-order chi connectivity index (χ1) is 7.00. The molecule has 0 N–H and O–H groups in total. The van der Waals surface area contributed by atoms with Crippen LogP contribution in [0.25, 0.3) is 0 Å². The van der Waals surface area contributed by atoms with Gasteiger partial charge >= 0.3 is 0 Å². The monoisotopic (exact) mass is 187 g/mol. The van der Waals surface area contributed by atoms with Crippen molar-refractivity contribution in [2.45, 2.75) is 38.5 Å². The molecule has 0 aromatic carbocycles. The van der Waals surface area contributed by atoms with E-state index in [0.29, 0.717) is 0 Å². The van der Waals surface area contributed by atoms with Crippen molar-refractivity contribution in [2.75, 3.05) is 0 Å². The summed E-state index contributed by atoms with van der Waals surface area (Å²) < 4.78 is 0. The molecule has 75 valence electrons. The number of rotatable bonds is 0. The molecule has 0 saturated heterocycles. The van der Waals surface area contributed by atoms with Crippen molar-refractivity contribution in [1.29, 1.82) is 0 Å². The third-order valence-electron chi connectivity index (χ3n) is 2.15. The SMILES string of the molecule is [C]1=C/CCC/C=C/CC/C=C\C=C\C/1. The van der Waals surface area contributed by atoms with Crippen LogP contribution in [0.4, 0.5) is 0 Å². The van der Waals surface area contributed by atoms with Crippen LogP contribution >= 0.6 is 0 Å². The Morgan fingerprint density at radius 3 is 2.50 bits per heavy atom. The molecule has 0 heterocycles. The summed E-state index contributed by atoms with van der Waals surface area (Å²) in [5.41, 5.74) is 0. The van der Waals surface area contributed by atoms with Gasteiger partial charge in [-0.25, -0.2) is 0 Å². The lowest BCUT2D eigenvalue weighted by atomic mass is 10.2. The molecule has 0 unspecified atom stereocenters. The highest BCUT2D eigenvalue weighted by Gasteiger charge is 1.82. The van der Waals surface area contributed by atoms with Gasteiger partial charge in [0.15, 0.2) is 0 Å². The van der Waals surface area contributed by atoms with E-state index in [-0.39, 0.29) is 0 Å². The quantitative estimate of drug-likeness (QED) is 0.494. The van der Waals surface area contributed by atoms with Gasteiger partial charge in [-0.05, 0) is 44.6 Å². The van der Waals surface area contributed by atoms with Gasteiger partial charge in [-0.15, -0.1) is 0 Å². The van der Waals surface area contributed by atoms with Crippen LogP contribution < -0.4 is 0 Å². The fourth-order valence-electron chi connectivity index (χ4n) is 1.34. The highest BCUT2D eigenvalue weighted by Crippen LogP contribution is 2.02. The summed E-state index contributed by atoms with van der Waals surface area (Å²) in [6.07, 6.45) is 25.5. The van der Waals surface area contributed by atoms with Crippen LogP contribution in [-0.2, 0) is 0 Å². The molecular formula is C14H19. The molecule has 0 aliphatic heterocycles. The largest absolute Gasteiger partial charge is 0.0885 e. The highest BCUT2D eigenvalue weighted by atomic mass is 13.9. The molecular weight excluding hydrogens is 168 g/mol. The second-order valence-electron chi connectivity index (χ2n) is 3.45. The van der Waals surface area contributed by atoms with Crippen molar-refractivity contribution in [3.8, 4) is 0 Å². The summed E-state index contributed by atoms with van der Waals surface area (Å²) in [7, 11) is 0. The van der Waals surface area contributed by atoms with Crippen LogP contribution in [-0.4, -0.2) is 0 Å². The summed E-state index contributed by atoms with van der Waals surface area (Å²) in [6, 6.07) is 0. The molecule has 0 atom stereocenters. The van der Waals surface area contributed by atoms with Crippen LogP contribution in [0, 0.1) is 6.08 Å². The lowest BCUT2D eigenvalue weighted by Gasteiger charge is -1.91. The Balaban J connectivity index is 2.35. The minimum atomic E-state index is 0.945. The molecule has 1 aliphatic carbocycles. The first kappa shape index (κ1) is 11.0. The van der Waals surface area contributed by atoms with Gasteiger partial charge in [0.05, 0.1) is 0 Å². The highest BCUT2D eigenvalue weighted by molar-refractivity contribution is 5.04. The van der Waals surface area contributed by atoms with Gasteiger partial charge in [-0.2, -0.15) is 0 Å². The fourth-order valence-corrected chi connectivity index (χ4v) is 1.34. The Hall–Kier alpha value is -1.04. The van der Waals surface area contributed by atoms with Crippen LogP contribution in [0.3, 0.4) is 0 Å². The minimum Gasteiger partial charge on any atom is -0.0885 e. The topological polar surface area (TPSA) is 0 Å². The van der Waals surface area contributed by atoms with E-state index in [1.165, 1.54) is 19.3 Å². The third-order valence-corrected chi connectivity index (χ3v) is 2.15. The standard InChI is InChI=1S/C14H19/c1-2-4-6-8-10-12-14-13-11-9-7-5-3-1/h1-4,9-11H,5-7,12-14H2/b3-1-,4-2+,10-8?,11-9+. The molecule has 0 bridgehead atoms. The fraction of sp³-hybridized carbons (Fsp3) is 0.429. The van der Waals surface area contributed by atoms with Crippen molar-refractivity contribution in [2.24, 2.45) is 0 Å². The molecule has 14 heavy (non-hydrogen) atoms. The summed E-state index contributed by atoms with van der Waals surface area (Å²) in [5.74, 6) is 0. The van der Waals surface area contributed by atoms with E-state index < -0.39 is 0 Å². The number of hydrogen-bond donors (Lipinski definition) is 0. The van der Waals surface area contributed by atoms with E-state index in [9.17, 15) is 0 Å². The first-order valence-corrected chi connectivity index (χ1v) is 5.52. The maximum atomic E-state index is 3.27. The third kappa shape index (κ3) is 6.47. The number of hydrogen-bond acceptors (Lipinski definition) is 0. The van der Waals surface area contributed by atoms with Gasteiger partial charge in [0, 0.05) is 0 Å². The van der Waals surface area contributed by atoms with Crippen molar-refractivity contribution >= 4 is 0 Å². The predicted octanol–water partition coefficient (Wildman–Crippen LogP) is 4.37. The van der Waals surface area contributed by atoms with Crippen LogP contribution in [0.1, 0.15) is 38.5 Å². The molecule has 0 saturated carbocycles. The zero-order valence-electron chi connectivity index (χ0n) is 8.78. The number of allylic oxidation sites excluding steroid dienone is 8. The maximum absolute atomic E-state index is 3.27. The molecule has 1 aliphatic rings. The van der Waals surface area contributed by atoms with Gasteiger partial charge in [0.1, 0.15) is 0 Å². The lowest BCUT2D eigenvalue weighted by molar-refractivity contribution is 0.858. The van der Waals surface area contributed by atoms with E-state index in [4.69, 9.17) is 0 Å². The van der Waals surface area contributed by atoms with E-state index in [1.54, 1.807) is 0 Å². The van der Waals surface area contributed by atoms with Gasteiger partial charge in [0.2, 0.25) is 0 Å². The van der Waals surface area contributed by atoms with E-state index >= 15 is 0 Å². The van der Waals surface area contributed by atoms with Gasteiger partial charge in [0.25, 0.3) is 0 Å². The molecule has 0 aromatic rings. The summed E-state index contributed by atoms with van der Waals surface area (Å²) in [4.78, 5) is 0. The zero-order valence-corrected chi connectivity index (χ0v) is 8.78. The Morgan fingerprint density at radius 2 is 1.50 bits per heavy atom. The van der Waals surface area contributed by atoms with Crippen LogP contribution in [0.15, 0.2) is 42.5 Å². The summed E-state index contributed by atoms with van der Waals surface area (Å²) >= 11 is 0. The first-order valence-electron chi connectivity index (χ1n) is 5.52. The Kier molecular flexibility index (Phi) is 6.74. The Bertz CT molecular complexity index is 228. The van der Waals surface area contributed by atoms with Crippen LogP contribution in [0.5, 0.6) is 0 Å². The van der Waals surface area contributed by atoms with E-state index in [1.807, 2.05) is 0 Å². The molecule has 0 spiro atoms. The molecule has 1 radical (unpaired) electrons. The molecule has 0 fully saturated rings. The second-order valence-corrected chi connectivity index (χ2v) is 3.45. The Labute approximate surface area is 87.7 Å². The average Bonchev–Trinajstić information content (AvgIpc) is 2.22. The van der Waals surface area contributed by atoms with E-state index in [0.717, 1.165) is 19.3 Å².